The first-order valence-electron chi connectivity index (χ1n) is 7.85. The molecule has 1 saturated heterocycles. The minimum Gasteiger partial charge on any atom is -0.377 e. The molecule has 0 aliphatic carbocycles. The normalized spacial score (nSPS) is 20.0. The molecule has 6 heteroatoms. The zero-order valence-corrected chi connectivity index (χ0v) is 13.3. The van der Waals surface area contributed by atoms with Gasteiger partial charge < -0.3 is 4.74 Å². The Balaban J connectivity index is 2.01. The van der Waals surface area contributed by atoms with E-state index in [0.717, 1.165) is 30.3 Å². The Morgan fingerprint density at radius 2 is 2.05 bits per heavy atom. The van der Waals surface area contributed by atoms with Crippen molar-refractivity contribution in [3.8, 4) is 5.69 Å². The summed E-state index contributed by atoms with van der Waals surface area (Å²) < 4.78 is 7.15. The standard InChI is InChI=1S/C16H23N5O/c1-20-11-5-3-4-6-14(20)16-18-15(12-22-2)19-21(16)13-7-9-17-10-8-13/h7-10,14H,3-6,11-12H2,1-2H3. The number of pyridine rings is 1. The maximum absolute atomic E-state index is 5.21. The van der Waals surface area contributed by atoms with E-state index in [1.807, 2.05) is 16.8 Å². The van der Waals surface area contributed by atoms with Gasteiger partial charge in [0, 0.05) is 19.5 Å². The molecule has 0 amide bonds. The van der Waals surface area contributed by atoms with Crippen LogP contribution in [0.2, 0.25) is 0 Å². The van der Waals surface area contributed by atoms with Crippen molar-refractivity contribution < 1.29 is 4.74 Å². The van der Waals surface area contributed by atoms with Crippen molar-refractivity contribution in [3.63, 3.8) is 0 Å². The summed E-state index contributed by atoms with van der Waals surface area (Å²) in [5.74, 6) is 1.73. The summed E-state index contributed by atoms with van der Waals surface area (Å²) in [4.78, 5) is 11.2. The van der Waals surface area contributed by atoms with Crippen LogP contribution in [-0.2, 0) is 11.3 Å². The van der Waals surface area contributed by atoms with E-state index >= 15 is 0 Å². The van der Waals surface area contributed by atoms with Crippen LogP contribution in [0.3, 0.4) is 0 Å². The third kappa shape index (κ3) is 3.18. The zero-order chi connectivity index (χ0) is 15.4. The molecule has 6 nitrogen and oxygen atoms in total. The van der Waals surface area contributed by atoms with Gasteiger partial charge in [0.05, 0.1) is 11.7 Å². The highest BCUT2D eigenvalue weighted by Gasteiger charge is 2.26. The van der Waals surface area contributed by atoms with Crippen LogP contribution in [0.1, 0.15) is 43.4 Å². The smallest absolute Gasteiger partial charge is 0.177 e. The molecular weight excluding hydrogens is 278 g/mol. The second-order valence-electron chi connectivity index (χ2n) is 5.78. The number of likely N-dealkylation sites (tertiary alicyclic amines) is 1. The van der Waals surface area contributed by atoms with Crippen molar-refractivity contribution in [3.05, 3.63) is 36.2 Å². The van der Waals surface area contributed by atoms with Gasteiger partial charge in [0.25, 0.3) is 0 Å². The zero-order valence-electron chi connectivity index (χ0n) is 13.3. The molecule has 22 heavy (non-hydrogen) atoms. The molecule has 0 bridgehead atoms. The lowest BCUT2D eigenvalue weighted by Gasteiger charge is -2.25. The van der Waals surface area contributed by atoms with Gasteiger partial charge in [-0.05, 0) is 38.6 Å². The Morgan fingerprint density at radius 3 is 2.82 bits per heavy atom. The first-order valence-corrected chi connectivity index (χ1v) is 7.85. The van der Waals surface area contributed by atoms with E-state index in [4.69, 9.17) is 9.72 Å². The molecule has 0 spiro atoms. The summed E-state index contributed by atoms with van der Waals surface area (Å²) in [5, 5.41) is 4.64. The Bertz CT molecular complexity index is 598. The van der Waals surface area contributed by atoms with Gasteiger partial charge in [-0.15, -0.1) is 5.10 Å². The van der Waals surface area contributed by atoms with Crippen LogP contribution in [0.15, 0.2) is 24.5 Å². The lowest BCUT2D eigenvalue weighted by molar-refractivity contribution is 0.177. The van der Waals surface area contributed by atoms with E-state index in [1.54, 1.807) is 19.5 Å². The summed E-state index contributed by atoms with van der Waals surface area (Å²) in [5.41, 5.74) is 0.998. The van der Waals surface area contributed by atoms with Gasteiger partial charge in [0.15, 0.2) is 5.82 Å². The fourth-order valence-corrected chi connectivity index (χ4v) is 3.03. The van der Waals surface area contributed by atoms with Crippen molar-refractivity contribution in [2.24, 2.45) is 0 Å². The molecule has 0 aromatic carbocycles. The molecule has 1 fully saturated rings. The minimum atomic E-state index is 0.300. The van der Waals surface area contributed by atoms with Gasteiger partial charge in [-0.3, -0.25) is 9.88 Å². The Labute approximate surface area is 131 Å². The molecule has 2 aromatic rings. The summed E-state index contributed by atoms with van der Waals surface area (Å²) in [6.45, 7) is 1.54. The largest absolute Gasteiger partial charge is 0.377 e. The second kappa shape index (κ2) is 6.98. The predicted octanol–water partition coefficient (Wildman–Crippen LogP) is 2.36. The van der Waals surface area contributed by atoms with Crippen molar-refractivity contribution >= 4 is 0 Å². The topological polar surface area (TPSA) is 56.1 Å². The molecule has 2 aromatic heterocycles. The number of ether oxygens (including phenoxy) is 1. The number of methoxy groups -OCH3 is 1. The summed E-state index contributed by atoms with van der Waals surface area (Å²) in [7, 11) is 3.85. The fraction of sp³-hybridized carbons (Fsp3) is 0.562. The van der Waals surface area contributed by atoms with Gasteiger partial charge >= 0.3 is 0 Å². The van der Waals surface area contributed by atoms with Crippen LogP contribution in [0.4, 0.5) is 0 Å². The highest BCUT2D eigenvalue weighted by Crippen LogP contribution is 2.29. The van der Waals surface area contributed by atoms with E-state index in [9.17, 15) is 0 Å². The van der Waals surface area contributed by atoms with Gasteiger partial charge in [-0.25, -0.2) is 9.67 Å². The van der Waals surface area contributed by atoms with Crippen molar-refractivity contribution in [1.82, 2.24) is 24.6 Å². The van der Waals surface area contributed by atoms with E-state index in [0.29, 0.717) is 12.6 Å². The van der Waals surface area contributed by atoms with Gasteiger partial charge in [0.1, 0.15) is 12.4 Å². The highest BCUT2D eigenvalue weighted by atomic mass is 16.5. The lowest BCUT2D eigenvalue weighted by atomic mass is 10.1. The van der Waals surface area contributed by atoms with Crippen molar-refractivity contribution in [2.45, 2.75) is 38.3 Å². The average molecular weight is 301 g/mol. The quantitative estimate of drug-likeness (QED) is 0.867. The Morgan fingerprint density at radius 1 is 1.23 bits per heavy atom. The fourth-order valence-electron chi connectivity index (χ4n) is 3.03. The minimum absolute atomic E-state index is 0.300. The maximum atomic E-state index is 5.21. The van der Waals surface area contributed by atoms with Crippen LogP contribution in [0, 0.1) is 0 Å². The molecule has 1 unspecified atom stereocenters. The predicted molar refractivity (Wildman–Crippen MR) is 83.7 cm³/mol. The molecular formula is C16H23N5O. The van der Waals surface area contributed by atoms with Gasteiger partial charge in [-0.1, -0.05) is 12.8 Å². The lowest BCUT2D eigenvalue weighted by Crippen LogP contribution is -2.26. The SMILES string of the molecule is COCc1nc(C2CCCCCN2C)n(-c2ccncc2)n1. The van der Waals surface area contributed by atoms with E-state index in [2.05, 4.69) is 22.0 Å². The number of hydrogen-bond acceptors (Lipinski definition) is 5. The molecule has 1 aliphatic rings. The van der Waals surface area contributed by atoms with Crippen LogP contribution >= 0.6 is 0 Å². The third-order valence-electron chi connectivity index (χ3n) is 4.18. The van der Waals surface area contributed by atoms with Gasteiger partial charge in [-0.2, -0.15) is 0 Å². The molecule has 3 heterocycles. The van der Waals surface area contributed by atoms with Gasteiger partial charge in [0.2, 0.25) is 0 Å². The van der Waals surface area contributed by atoms with Crippen molar-refractivity contribution in [1.29, 1.82) is 0 Å². The van der Waals surface area contributed by atoms with E-state index < -0.39 is 0 Å². The highest BCUT2D eigenvalue weighted by molar-refractivity contribution is 5.29. The first-order chi connectivity index (χ1) is 10.8. The molecule has 0 radical (unpaired) electrons. The maximum Gasteiger partial charge on any atom is 0.177 e. The van der Waals surface area contributed by atoms with E-state index in [1.165, 1.54) is 19.3 Å². The number of hydrogen-bond donors (Lipinski definition) is 0. The summed E-state index contributed by atoms with van der Waals surface area (Å²) in [6.07, 6.45) is 8.46. The van der Waals surface area contributed by atoms with Crippen LogP contribution in [-0.4, -0.2) is 45.4 Å². The molecule has 118 valence electrons. The molecule has 1 atom stereocenters. The molecule has 0 N–H and O–H groups in total. The van der Waals surface area contributed by atoms with E-state index in [-0.39, 0.29) is 0 Å². The summed E-state index contributed by atoms with van der Waals surface area (Å²) >= 11 is 0. The average Bonchev–Trinajstić information content (AvgIpc) is 2.83. The van der Waals surface area contributed by atoms with Crippen LogP contribution in [0.25, 0.3) is 5.69 Å². The molecule has 0 saturated carbocycles. The second-order valence-corrected chi connectivity index (χ2v) is 5.78. The van der Waals surface area contributed by atoms with Crippen LogP contribution in [0.5, 0.6) is 0 Å². The molecule has 3 rings (SSSR count). The Kier molecular flexibility index (Phi) is 4.80. The van der Waals surface area contributed by atoms with Crippen molar-refractivity contribution in [2.75, 3.05) is 20.7 Å². The number of aromatic nitrogens is 4. The molecule has 1 aliphatic heterocycles. The summed E-state index contributed by atoms with van der Waals surface area (Å²) in [6, 6.07) is 4.23. The monoisotopic (exact) mass is 301 g/mol. The Hall–Kier alpha value is -1.79. The first kappa shape index (κ1) is 15.1. The van der Waals surface area contributed by atoms with Crippen LogP contribution < -0.4 is 0 Å². The number of rotatable bonds is 4. The number of nitrogens with zero attached hydrogens (tertiary/aromatic N) is 5. The third-order valence-corrected chi connectivity index (χ3v) is 4.18.